The second-order valence-corrected chi connectivity index (χ2v) is 10.7. The molecule has 2 heterocycles. The van der Waals surface area contributed by atoms with Crippen LogP contribution in [0.2, 0.25) is 0 Å². The van der Waals surface area contributed by atoms with Crippen LogP contribution in [0.3, 0.4) is 0 Å². The second kappa shape index (κ2) is 15.6. The van der Waals surface area contributed by atoms with E-state index in [1.807, 2.05) is 35.2 Å². The molecular weight excluding hydrogens is 480 g/mol. The van der Waals surface area contributed by atoms with Crippen LogP contribution in [0, 0.1) is 5.92 Å². The molecule has 1 saturated carbocycles. The Hall–Kier alpha value is -2.78. The molecule has 2 aromatic carbocycles. The molecule has 8 nitrogen and oxygen atoms in total. The first-order chi connectivity index (χ1) is 18.3. The van der Waals surface area contributed by atoms with Gasteiger partial charge >= 0.3 is 5.97 Å². The summed E-state index contributed by atoms with van der Waals surface area (Å²) in [5.74, 6) is 0.596. The van der Waals surface area contributed by atoms with Crippen LogP contribution in [-0.4, -0.2) is 109 Å². The number of carboxylic acids is 1. The maximum absolute atomic E-state index is 10.6. The van der Waals surface area contributed by atoms with Gasteiger partial charge in [0.2, 0.25) is 0 Å². The van der Waals surface area contributed by atoms with Crippen LogP contribution < -0.4 is 5.32 Å². The smallest absolute Gasteiger partial charge is 0.317 e. The molecule has 2 aliphatic heterocycles. The van der Waals surface area contributed by atoms with Crippen molar-refractivity contribution in [2.45, 2.75) is 32.2 Å². The Balaban J connectivity index is 0.000000162. The maximum Gasteiger partial charge on any atom is 0.317 e. The largest absolute Gasteiger partial charge is 0.508 e. The number of carboxylic acid groups (broad SMARTS) is 1. The molecule has 0 bridgehead atoms. The molecule has 0 aromatic heterocycles. The van der Waals surface area contributed by atoms with Gasteiger partial charge < -0.3 is 25.3 Å². The number of carbonyl (C=O) groups is 2. The number of carbonyl (C=O) groups excluding carboxylic acids is 1. The van der Waals surface area contributed by atoms with Crippen molar-refractivity contribution in [2.75, 3.05) is 66.0 Å². The fraction of sp³-hybridized carbons (Fsp3) is 0.533. The van der Waals surface area contributed by atoms with Gasteiger partial charge in [0.1, 0.15) is 12.0 Å². The highest BCUT2D eigenvalue weighted by Crippen LogP contribution is 2.29. The molecule has 3 N–H and O–H groups in total. The van der Waals surface area contributed by atoms with E-state index >= 15 is 0 Å². The zero-order chi connectivity index (χ0) is 27.3. The molecule has 3 fully saturated rings. The van der Waals surface area contributed by atoms with Crippen LogP contribution in [0.25, 0.3) is 0 Å². The summed E-state index contributed by atoms with van der Waals surface area (Å²) in [6, 6.07) is 15.3. The van der Waals surface area contributed by atoms with Gasteiger partial charge in [-0.3, -0.25) is 14.5 Å². The van der Waals surface area contributed by atoms with Crippen LogP contribution >= 0.6 is 0 Å². The summed E-state index contributed by atoms with van der Waals surface area (Å²) < 4.78 is 0. The summed E-state index contributed by atoms with van der Waals surface area (Å²) in [7, 11) is 2.05. The van der Waals surface area contributed by atoms with Crippen LogP contribution in [0.5, 0.6) is 5.75 Å². The molecule has 0 amide bonds. The Kier molecular flexibility index (Phi) is 12.2. The first-order valence-electron chi connectivity index (χ1n) is 13.7. The number of nitrogens with one attached hydrogen (secondary N) is 1. The molecule has 1 aliphatic carbocycles. The van der Waals surface area contributed by atoms with E-state index in [4.69, 9.17) is 5.11 Å². The van der Waals surface area contributed by atoms with Crippen molar-refractivity contribution in [1.82, 2.24) is 20.0 Å². The Morgan fingerprint density at radius 1 is 1.00 bits per heavy atom. The van der Waals surface area contributed by atoms with Crippen molar-refractivity contribution in [2.24, 2.45) is 5.92 Å². The van der Waals surface area contributed by atoms with Crippen LogP contribution in [0.15, 0.2) is 48.5 Å². The topological polar surface area (TPSA) is 96.4 Å². The highest BCUT2D eigenvalue weighted by Gasteiger charge is 2.26. The standard InChI is InChI=1S/C14H12O2.C9H18N2.C7H14N2O2/c15-10-13-5-1-3-11(8-13)7-12-4-2-6-14(16)9-12;1-8-6-11(5-4-10-8)7-9-2-3-9;1-8-2-4-9(5-3-8)6-7(10)11/h1-6,8-10,16H,7H2;8-10H,2-7H2,1H3;2-6H2,1H3,(H,10,11). The molecule has 2 aromatic rings. The molecule has 208 valence electrons. The average Bonchev–Trinajstić information content (AvgIpc) is 3.70. The Morgan fingerprint density at radius 3 is 2.29 bits per heavy atom. The number of aliphatic carboxylic acids is 1. The molecule has 38 heavy (non-hydrogen) atoms. The van der Waals surface area contributed by atoms with Gasteiger partial charge in [-0.15, -0.1) is 0 Å². The number of aldehydes is 1. The van der Waals surface area contributed by atoms with E-state index in [1.54, 1.807) is 18.2 Å². The van der Waals surface area contributed by atoms with E-state index in [0.717, 1.165) is 55.9 Å². The van der Waals surface area contributed by atoms with E-state index in [1.165, 1.54) is 39.0 Å². The number of nitrogens with zero attached hydrogens (tertiary/aromatic N) is 3. The van der Waals surface area contributed by atoms with E-state index in [9.17, 15) is 14.7 Å². The van der Waals surface area contributed by atoms with E-state index in [0.29, 0.717) is 11.6 Å². The minimum atomic E-state index is -0.727. The van der Waals surface area contributed by atoms with E-state index in [2.05, 4.69) is 29.1 Å². The molecule has 1 atom stereocenters. The number of phenolic OH excluding ortho intramolecular Hbond substituents is 1. The number of aromatic hydroxyl groups is 1. The molecule has 0 radical (unpaired) electrons. The van der Waals surface area contributed by atoms with Gasteiger partial charge in [0.15, 0.2) is 0 Å². The fourth-order valence-corrected chi connectivity index (χ4v) is 4.72. The summed E-state index contributed by atoms with van der Waals surface area (Å²) in [5.41, 5.74) is 2.77. The second-order valence-electron chi connectivity index (χ2n) is 10.7. The summed E-state index contributed by atoms with van der Waals surface area (Å²) in [4.78, 5) is 27.7. The number of hydrogen-bond donors (Lipinski definition) is 3. The predicted molar refractivity (Wildman–Crippen MR) is 151 cm³/mol. The number of rotatable bonds is 7. The van der Waals surface area contributed by atoms with Gasteiger partial charge in [0, 0.05) is 64.0 Å². The lowest BCUT2D eigenvalue weighted by molar-refractivity contribution is -0.138. The lowest BCUT2D eigenvalue weighted by Gasteiger charge is -2.31. The Labute approximate surface area is 227 Å². The normalized spacial score (nSPS) is 20.4. The van der Waals surface area contributed by atoms with Gasteiger partial charge in [-0.05, 0) is 68.5 Å². The third-order valence-corrected chi connectivity index (χ3v) is 7.03. The lowest BCUT2D eigenvalue weighted by atomic mass is 10.0. The molecule has 8 heteroatoms. The molecule has 0 spiro atoms. The first-order valence-corrected chi connectivity index (χ1v) is 13.7. The van der Waals surface area contributed by atoms with Gasteiger partial charge in [0.05, 0.1) is 6.54 Å². The lowest BCUT2D eigenvalue weighted by Crippen LogP contribution is -2.49. The number of piperazine rings is 2. The molecule has 1 unspecified atom stereocenters. The van der Waals surface area contributed by atoms with E-state index < -0.39 is 5.97 Å². The maximum atomic E-state index is 10.6. The number of hydrogen-bond acceptors (Lipinski definition) is 7. The monoisotopic (exact) mass is 524 g/mol. The summed E-state index contributed by atoms with van der Waals surface area (Å²) in [6.07, 6.45) is 4.53. The van der Waals surface area contributed by atoms with Gasteiger partial charge in [0.25, 0.3) is 0 Å². The fourth-order valence-electron chi connectivity index (χ4n) is 4.72. The minimum absolute atomic E-state index is 0.188. The zero-order valence-corrected chi connectivity index (χ0v) is 22.9. The Bertz CT molecular complexity index is 1000. The molecular formula is C30H44N4O4. The number of benzene rings is 2. The van der Waals surface area contributed by atoms with Crippen molar-refractivity contribution < 1.29 is 19.8 Å². The van der Waals surface area contributed by atoms with Crippen molar-refractivity contribution in [3.63, 3.8) is 0 Å². The number of phenols is 1. The summed E-state index contributed by atoms with van der Waals surface area (Å²) >= 11 is 0. The third-order valence-electron chi connectivity index (χ3n) is 7.03. The Morgan fingerprint density at radius 2 is 1.68 bits per heavy atom. The van der Waals surface area contributed by atoms with Gasteiger partial charge in [-0.1, -0.05) is 30.3 Å². The summed E-state index contributed by atoms with van der Waals surface area (Å²) in [6.45, 7) is 11.3. The van der Waals surface area contributed by atoms with Crippen molar-refractivity contribution in [3.05, 3.63) is 65.2 Å². The first kappa shape index (κ1) is 29.8. The van der Waals surface area contributed by atoms with Crippen LogP contribution in [0.1, 0.15) is 41.3 Å². The quantitative estimate of drug-likeness (QED) is 0.476. The van der Waals surface area contributed by atoms with E-state index in [-0.39, 0.29) is 12.3 Å². The van der Waals surface area contributed by atoms with Crippen LogP contribution in [-0.2, 0) is 11.2 Å². The zero-order valence-electron chi connectivity index (χ0n) is 22.9. The summed E-state index contributed by atoms with van der Waals surface area (Å²) in [5, 5.41) is 21.3. The number of likely N-dealkylation sites (N-methyl/N-ethyl adjacent to an activating group) is 1. The minimum Gasteiger partial charge on any atom is -0.508 e. The van der Waals surface area contributed by atoms with Gasteiger partial charge in [-0.25, -0.2) is 0 Å². The van der Waals surface area contributed by atoms with Crippen LogP contribution in [0.4, 0.5) is 0 Å². The highest BCUT2D eigenvalue weighted by molar-refractivity contribution is 5.75. The highest BCUT2D eigenvalue weighted by atomic mass is 16.4. The predicted octanol–water partition coefficient (Wildman–Crippen LogP) is 2.80. The van der Waals surface area contributed by atoms with Gasteiger partial charge in [-0.2, -0.15) is 0 Å². The third kappa shape index (κ3) is 11.7. The molecule has 5 rings (SSSR count). The van der Waals surface area contributed by atoms with Crippen molar-refractivity contribution >= 4 is 12.3 Å². The van der Waals surface area contributed by atoms with Crippen molar-refractivity contribution in [1.29, 1.82) is 0 Å². The molecule has 2 saturated heterocycles. The molecule has 3 aliphatic rings. The SMILES string of the molecule is CC1CN(CC2CC2)CCN1.CN1CCN(CC(=O)O)CC1.O=Cc1cccc(Cc2cccc(O)c2)c1. The van der Waals surface area contributed by atoms with Crippen molar-refractivity contribution in [3.8, 4) is 5.75 Å². The average molecular weight is 525 g/mol.